The maximum Gasteiger partial charge on any atom is 0.145 e. The fraction of sp³-hybridized carbons (Fsp3) is 0.333. The van der Waals surface area contributed by atoms with Crippen molar-refractivity contribution in [1.29, 1.82) is 0 Å². The van der Waals surface area contributed by atoms with Crippen LogP contribution in [0.25, 0.3) is 0 Å². The fourth-order valence-corrected chi connectivity index (χ4v) is 0.898. The van der Waals surface area contributed by atoms with Gasteiger partial charge in [0.25, 0.3) is 0 Å². The maximum atomic E-state index is 5.80. The maximum absolute atomic E-state index is 5.80. The molecule has 1 aromatic carbocycles. The number of hydrogen-bond donors (Lipinski definition) is 0. The van der Waals surface area contributed by atoms with Crippen molar-refractivity contribution in [1.82, 2.24) is 0 Å². The molecule has 0 amide bonds. The number of halogens is 1. The molecule has 0 spiro atoms. The highest BCUT2D eigenvalue weighted by Crippen LogP contribution is 2.22. The number of benzene rings is 1. The molecule has 0 unspecified atom stereocenters. The average molecular weight is 170 g/mol. The van der Waals surface area contributed by atoms with Gasteiger partial charge >= 0.3 is 0 Å². The van der Waals surface area contributed by atoms with Crippen molar-refractivity contribution < 1.29 is 4.74 Å². The predicted molar refractivity (Wildman–Crippen MR) is 46.1 cm³/mol. The van der Waals surface area contributed by atoms with Gasteiger partial charge in [-0.15, -0.1) is 0 Å². The number of rotatable bonds is 3. The van der Waals surface area contributed by atoms with Gasteiger partial charge in [-0.05, 0) is 12.5 Å². The summed E-state index contributed by atoms with van der Waals surface area (Å²) < 4.78 is 5.30. The van der Waals surface area contributed by atoms with E-state index in [0.717, 1.165) is 6.42 Å². The third-order valence-corrected chi connectivity index (χ3v) is 1.52. The van der Waals surface area contributed by atoms with Crippen molar-refractivity contribution in [2.24, 2.45) is 0 Å². The molecule has 0 aliphatic heterocycles. The Morgan fingerprint density at radius 3 is 3.09 bits per heavy atom. The summed E-state index contributed by atoms with van der Waals surface area (Å²) in [5.74, 6) is 0.649. The van der Waals surface area contributed by atoms with E-state index < -0.39 is 0 Å². The van der Waals surface area contributed by atoms with Gasteiger partial charge in [-0.1, -0.05) is 30.7 Å². The first-order chi connectivity index (χ1) is 5.34. The van der Waals surface area contributed by atoms with Crippen molar-refractivity contribution in [3.8, 4) is 5.75 Å². The normalized spacial score (nSPS) is 9.64. The molecule has 1 rings (SSSR count). The summed E-state index contributed by atoms with van der Waals surface area (Å²) in [6.07, 6.45) is 0.985. The monoisotopic (exact) mass is 169 g/mol. The smallest absolute Gasteiger partial charge is 0.145 e. The van der Waals surface area contributed by atoms with Crippen molar-refractivity contribution in [3.05, 3.63) is 29.3 Å². The van der Waals surface area contributed by atoms with Crippen molar-refractivity contribution >= 4 is 11.6 Å². The Morgan fingerprint density at radius 1 is 1.64 bits per heavy atom. The molecule has 0 fully saturated rings. The van der Waals surface area contributed by atoms with Crippen LogP contribution in [-0.4, -0.2) is 6.61 Å². The van der Waals surface area contributed by atoms with Gasteiger partial charge in [0.15, 0.2) is 0 Å². The van der Waals surface area contributed by atoms with Crippen LogP contribution in [0.2, 0.25) is 5.02 Å². The minimum atomic E-state index is 0.626. The van der Waals surface area contributed by atoms with Crippen molar-refractivity contribution in [3.63, 3.8) is 0 Å². The lowest BCUT2D eigenvalue weighted by atomic mass is 10.3. The van der Waals surface area contributed by atoms with E-state index in [0.29, 0.717) is 17.4 Å². The second kappa shape index (κ2) is 4.24. The molecule has 0 aliphatic rings. The summed E-state index contributed by atoms with van der Waals surface area (Å²) >= 11 is 5.80. The molecule has 59 valence electrons. The van der Waals surface area contributed by atoms with Gasteiger partial charge in [-0.2, -0.15) is 0 Å². The third kappa shape index (κ3) is 2.43. The average Bonchev–Trinajstić information content (AvgIpc) is 2.03. The van der Waals surface area contributed by atoms with E-state index in [9.17, 15) is 0 Å². The van der Waals surface area contributed by atoms with E-state index in [4.69, 9.17) is 16.3 Å². The molecule has 0 saturated heterocycles. The van der Waals surface area contributed by atoms with Crippen LogP contribution < -0.4 is 4.74 Å². The van der Waals surface area contributed by atoms with Crippen LogP contribution >= 0.6 is 11.6 Å². The minimum Gasteiger partial charge on any atom is -0.491 e. The van der Waals surface area contributed by atoms with E-state index in [1.54, 1.807) is 12.1 Å². The summed E-state index contributed by atoms with van der Waals surface area (Å²) in [5, 5.41) is 0.626. The Labute approximate surface area is 71.9 Å². The van der Waals surface area contributed by atoms with Crippen molar-refractivity contribution in [2.45, 2.75) is 13.3 Å². The van der Waals surface area contributed by atoms with Gasteiger partial charge in [0.2, 0.25) is 0 Å². The zero-order valence-corrected chi connectivity index (χ0v) is 7.19. The SMILES string of the molecule is CCCOc1[c]cccc1Cl. The summed E-state index contributed by atoms with van der Waals surface area (Å²) in [6, 6.07) is 8.34. The molecule has 0 heterocycles. The zero-order valence-electron chi connectivity index (χ0n) is 6.43. The fourth-order valence-electron chi connectivity index (χ4n) is 0.716. The molecule has 1 radical (unpaired) electrons. The first kappa shape index (κ1) is 8.41. The van der Waals surface area contributed by atoms with Crippen LogP contribution in [0, 0.1) is 6.07 Å². The third-order valence-electron chi connectivity index (χ3n) is 1.22. The van der Waals surface area contributed by atoms with Crippen LogP contribution in [0.3, 0.4) is 0 Å². The highest BCUT2D eigenvalue weighted by Gasteiger charge is 1.97. The van der Waals surface area contributed by atoms with E-state index in [2.05, 4.69) is 13.0 Å². The Hall–Kier alpha value is -0.690. The van der Waals surface area contributed by atoms with Crippen LogP contribution in [0.15, 0.2) is 18.2 Å². The molecule has 0 saturated carbocycles. The first-order valence-electron chi connectivity index (χ1n) is 3.63. The summed E-state index contributed by atoms with van der Waals surface area (Å²) in [4.78, 5) is 0. The van der Waals surface area contributed by atoms with E-state index in [1.165, 1.54) is 0 Å². The van der Waals surface area contributed by atoms with E-state index in [-0.39, 0.29) is 0 Å². The Bertz CT molecular complexity index is 223. The highest BCUT2D eigenvalue weighted by atomic mass is 35.5. The molecular formula is C9H10ClO. The highest BCUT2D eigenvalue weighted by molar-refractivity contribution is 6.31. The number of ether oxygens (including phenoxy) is 1. The molecular weight excluding hydrogens is 160 g/mol. The summed E-state index contributed by atoms with van der Waals surface area (Å²) in [7, 11) is 0. The Kier molecular flexibility index (Phi) is 3.24. The van der Waals surface area contributed by atoms with Crippen LogP contribution in [0.1, 0.15) is 13.3 Å². The van der Waals surface area contributed by atoms with E-state index in [1.807, 2.05) is 6.07 Å². The Balaban J connectivity index is 2.62. The second-order valence-electron chi connectivity index (χ2n) is 2.20. The van der Waals surface area contributed by atoms with Gasteiger partial charge < -0.3 is 4.74 Å². The standard InChI is InChI=1S/C9H10ClO/c1-2-7-11-9-6-4-3-5-8(9)10/h3-5H,2,7H2,1H3. The van der Waals surface area contributed by atoms with Gasteiger partial charge in [0.05, 0.1) is 11.6 Å². The van der Waals surface area contributed by atoms with Crippen LogP contribution in [0.5, 0.6) is 5.75 Å². The minimum absolute atomic E-state index is 0.626. The van der Waals surface area contributed by atoms with E-state index >= 15 is 0 Å². The summed E-state index contributed by atoms with van der Waals surface area (Å²) in [6.45, 7) is 2.75. The lowest BCUT2D eigenvalue weighted by molar-refractivity contribution is 0.317. The van der Waals surface area contributed by atoms with Crippen LogP contribution in [0.4, 0.5) is 0 Å². The summed E-state index contributed by atoms with van der Waals surface area (Å²) in [5.41, 5.74) is 0. The molecule has 0 aliphatic carbocycles. The Morgan fingerprint density at radius 2 is 2.45 bits per heavy atom. The predicted octanol–water partition coefficient (Wildman–Crippen LogP) is 2.93. The number of para-hydroxylation sites is 1. The lowest BCUT2D eigenvalue weighted by Crippen LogP contribution is -1.94. The molecule has 1 aromatic rings. The van der Waals surface area contributed by atoms with Crippen molar-refractivity contribution in [2.75, 3.05) is 6.61 Å². The first-order valence-corrected chi connectivity index (χ1v) is 4.01. The molecule has 0 bridgehead atoms. The lowest BCUT2D eigenvalue weighted by Gasteiger charge is -2.04. The van der Waals surface area contributed by atoms with Gasteiger partial charge in [-0.3, -0.25) is 0 Å². The number of hydrogen-bond acceptors (Lipinski definition) is 1. The topological polar surface area (TPSA) is 9.23 Å². The zero-order chi connectivity index (χ0) is 8.10. The molecule has 1 nitrogen and oxygen atoms in total. The largest absolute Gasteiger partial charge is 0.491 e. The second-order valence-corrected chi connectivity index (χ2v) is 2.60. The molecule has 2 heteroatoms. The van der Waals surface area contributed by atoms with Gasteiger partial charge in [-0.25, -0.2) is 0 Å². The molecule has 0 aromatic heterocycles. The van der Waals surface area contributed by atoms with Crippen LogP contribution in [-0.2, 0) is 0 Å². The molecule has 0 N–H and O–H groups in total. The quantitative estimate of drug-likeness (QED) is 0.676. The van der Waals surface area contributed by atoms with Gasteiger partial charge in [0, 0.05) is 6.07 Å². The molecule has 0 atom stereocenters. The molecule has 11 heavy (non-hydrogen) atoms. The van der Waals surface area contributed by atoms with Gasteiger partial charge in [0.1, 0.15) is 5.75 Å².